The minimum absolute atomic E-state index is 0.0542. The zero-order valence-electron chi connectivity index (χ0n) is 13.2. The van der Waals surface area contributed by atoms with Gasteiger partial charge in [-0.25, -0.2) is 4.39 Å². The molecule has 0 saturated heterocycles. The van der Waals surface area contributed by atoms with E-state index in [4.69, 9.17) is 11.6 Å². The van der Waals surface area contributed by atoms with E-state index in [-0.39, 0.29) is 16.8 Å². The number of anilines is 1. The molecule has 0 aliphatic heterocycles. The van der Waals surface area contributed by atoms with Crippen LogP contribution in [0.25, 0.3) is 0 Å². The fourth-order valence-electron chi connectivity index (χ4n) is 2.62. The lowest BCUT2D eigenvalue weighted by Gasteiger charge is -2.14. The van der Waals surface area contributed by atoms with Crippen molar-refractivity contribution in [2.75, 3.05) is 5.32 Å². The van der Waals surface area contributed by atoms with E-state index in [0.29, 0.717) is 6.42 Å². The molecule has 1 aromatic rings. The smallest absolute Gasteiger partial charge is 0.313 e. The molecule has 0 bridgehead atoms. The van der Waals surface area contributed by atoms with E-state index in [1.807, 2.05) is 19.1 Å². The van der Waals surface area contributed by atoms with Gasteiger partial charge in [-0.05, 0) is 49.1 Å². The van der Waals surface area contributed by atoms with E-state index < -0.39 is 17.6 Å². The average Bonchev–Trinajstić information content (AvgIpc) is 2.93. The van der Waals surface area contributed by atoms with Crippen molar-refractivity contribution in [2.24, 2.45) is 0 Å². The van der Waals surface area contributed by atoms with Gasteiger partial charge in [-0.1, -0.05) is 36.4 Å². The van der Waals surface area contributed by atoms with Crippen LogP contribution in [0.2, 0.25) is 5.02 Å². The topological polar surface area (TPSA) is 58.2 Å². The van der Waals surface area contributed by atoms with Crippen LogP contribution in [-0.4, -0.2) is 17.9 Å². The molecule has 0 radical (unpaired) electrons. The summed E-state index contributed by atoms with van der Waals surface area (Å²) < 4.78 is 13.4. The van der Waals surface area contributed by atoms with Crippen molar-refractivity contribution in [1.29, 1.82) is 0 Å². The van der Waals surface area contributed by atoms with Crippen LogP contribution in [0.5, 0.6) is 0 Å². The molecule has 24 heavy (non-hydrogen) atoms. The molecule has 6 heteroatoms. The summed E-state index contributed by atoms with van der Waals surface area (Å²) in [5, 5.41) is 4.99. The second-order valence-corrected chi connectivity index (χ2v) is 5.73. The molecule has 2 rings (SSSR count). The third-order valence-corrected chi connectivity index (χ3v) is 4.09. The van der Waals surface area contributed by atoms with Gasteiger partial charge in [-0.3, -0.25) is 9.59 Å². The average molecular weight is 349 g/mol. The second kappa shape index (κ2) is 7.93. The van der Waals surface area contributed by atoms with Crippen molar-refractivity contribution in [2.45, 2.75) is 25.8 Å². The van der Waals surface area contributed by atoms with Crippen LogP contribution in [0, 0.1) is 5.82 Å². The molecule has 1 aliphatic carbocycles. The Kier molecular flexibility index (Phi) is 5.93. The Hall–Kier alpha value is -2.40. The largest absolute Gasteiger partial charge is 0.341 e. The van der Waals surface area contributed by atoms with Crippen molar-refractivity contribution >= 4 is 29.1 Å². The van der Waals surface area contributed by atoms with E-state index in [0.717, 1.165) is 23.6 Å². The minimum atomic E-state index is -0.858. The lowest BCUT2D eigenvalue weighted by molar-refractivity contribution is -0.136. The first kappa shape index (κ1) is 17.9. The normalized spacial score (nSPS) is 20.2. The van der Waals surface area contributed by atoms with Gasteiger partial charge >= 0.3 is 11.8 Å². The highest BCUT2D eigenvalue weighted by molar-refractivity contribution is 6.39. The number of hydrogen-bond donors (Lipinski definition) is 2. The summed E-state index contributed by atoms with van der Waals surface area (Å²) in [7, 11) is 0. The van der Waals surface area contributed by atoms with Gasteiger partial charge in [0.05, 0.1) is 11.1 Å². The first-order valence-corrected chi connectivity index (χ1v) is 7.89. The molecule has 1 aliphatic rings. The predicted octanol–water partition coefficient (Wildman–Crippen LogP) is 3.75. The van der Waals surface area contributed by atoms with Gasteiger partial charge in [-0.2, -0.15) is 0 Å². The summed E-state index contributed by atoms with van der Waals surface area (Å²) in [4.78, 5) is 24.1. The molecular formula is C18H18ClFN2O2. The Morgan fingerprint density at radius 3 is 2.75 bits per heavy atom. The molecule has 2 amide bonds. The van der Waals surface area contributed by atoms with Crippen molar-refractivity contribution in [1.82, 2.24) is 5.32 Å². The lowest BCUT2D eigenvalue weighted by atomic mass is 10.1. The predicted molar refractivity (Wildman–Crippen MR) is 93.2 cm³/mol. The van der Waals surface area contributed by atoms with Crippen molar-refractivity contribution in [3.8, 4) is 0 Å². The number of allylic oxidation sites excluding steroid dienone is 3. The molecule has 1 aromatic carbocycles. The minimum Gasteiger partial charge on any atom is -0.341 e. The van der Waals surface area contributed by atoms with Crippen LogP contribution in [-0.2, 0) is 9.59 Å². The molecule has 0 heterocycles. The zero-order valence-corrected chi connectivity index (χ0v) is 14.0. The first-order valence-electron chi connectivity index (χ1n) is 7.51. The maximum atomic E-state index is 13.4. The van der Waals surface area contributed by atoms with Crippen molar-refractivity contribution < 1.29 is 14.0 Å². The number of hydrogen-bond acceptors (Lipinski definition) is 2. The number of carbonyl (C=O) groups is 2. The highest BCUT2D eigenvalue weighted by Crippen LogP contribution is 2.30. The number of halogens is 2. The van der Waals surface area contributed by atoms with E-state index in [9.17, 15) is 14.0 Å². The van der Waals surface area contributed by atoms with Gasteiger partial charge in [-0.15, -0.1) is 0 Å². The van der Waals surface area contributed by atoms with Crippen LogP contribution in [0.4, 0.5) is 10.1 Å². The number of amides is 2. The first-order chi connectivity index (χ1) is 11.5. The maximum Gasteiger partial charge on any atom is 0.313 e. The monoisotopic (exact) mass is 348 g/mol. The second-order valence-electron chi connectivity index (χ2n) is 5.32. The van der Waals surface area contributed by atoms with Gasteiger partial charge in [0.2, 0.25) is 0 Å². The van der Waals surface area contributed by atoms with E-state index >= 15 is 0 Å². The molecule has 1 unspecified atom stereocenters. The Balaban J connectivity index is 2.03. The van der Waals surface area contributed by atoms with Gasteiger partial charge in [0, 0.05) is 5.69 Å². The van der Waals surface area contributed by atoms with Gasteiger partial charge < -0.3 is 10.6 Å². The summed E-state index contributed by atoms with van der Waals surface area (Å²) in [6.07, 6.45) is 7.01. The van der Waals surface area contributed by atoms with Crippen LogP contribution < -0.4 is 10.6 Å². The number of rotatable bonds is 3. The number of benzene rings is 1. The summed E-state index contributed by atoms with van der Waals surface area (Å²) in [6, 6.07) is 3.55. The highest BCUT2D eigenvalue weighted by atomic mass is 35.5. The Morgan fingerprint density at radius 1 is 1.38 bits per heavy atom. The standard InChI is InChI=1S/C18H18ClFN2O2/c1-3-5-13-11(4-2)6-9-16(13)22-18(24)17(23)21-12-7-8-14(19)15(20)10-12/h3-5,7-8,10,16H,1,6,9H2,2H3,(H,21,23)(H,22,24)/b11-4-,13-5+. The summed E-state index contributed by atoms with van der Waals surface area (Å²) in [5.74, 6) is -2.30. The van der Waals surface area contributed by atoms with Gasteiger partial charge in [0.25, 0.3) is 0 Å². The molecular weight excluding hydrogens is 331 g/mol. The van der Waals surface area contributed by atoms with Crippen molar-refractivity contribution in [3.05, 3.63) is 65.0 Å². The molecule has 2 N–H and O–H groups in total. The third-order valence-electron chi connectivity index (χ3n) is 3.78. The lowest BCUT2D eigenvalue weighted by Crippen LogP contribution is -2.41. The maximum absolute atomic E-state index is 13.4. The molecule has 1 fully saturated rings. The molecule has 0 aromatic heterocycles. The molecule has 126 valence electrons. The van der Waals surface area contributed by atoms with E-state index in [2.05, 4.69) is 17.2 Å². The van der Waals surface area contributed by atoms with Crippen LogP contribution >= 0.6 is 11.6 Å². The van der Waals surface area contributed by atoms with E-state index in [1.54, 1.807) is 6.08 Å². The van der Waals surface area contributed by atoms with Crippen molar-refractivity contribution in [3.63, 3.8) is 0 Å². The summed E-state index contributed by atoms with van der Waals surface area (Å²) in [5.41, 5.74) is 2.24. The number of nitrogens with one attached hydrogen (secondary N) is 2. The van der Waals surface area contributed by atoms with Crippen LogP contribution in [0.3, 0.4) is 0 Å². The Labute approximate surface area is 145 Å². The summed E-state index contributed by atoms with van der Waals surface area (Å²) >= 11 is 5.58. The van der Waals surface area contributed by atoms with Crippen LogP contribution in [0.15, 0.2) is 54.2 Å². The fourth-order valence-corrected chi connectivity index (χ4v) is 2.74. The zero-order chi connectivity index (χ0) is 17.7. The molecule has 4 nitrogen and oxygen atoms in total. The molecule has 0 spiro atoms. The van der Waals surface area contributed by atoms with Gasteiger partial charge in [0.15, 0.2) is 0 Å². The Morgan fingerprint density at radius 2 is 2.12 bits per heavy atom. The number of carbonyl (C=O) groups excluding carboxylic acids is 2. The molecule has 1 atom stereocenters. The van der Waals surface area contributed by atoms with E-state index in [1.165, 1.54) is 12.1 Å². The SMILES string of the molecule is C=C/C=C1\C(=C/C)CCC1NC(=O)C(=O)Nc1ccc(Cl)c(F)c1. The Bertz CT molecular complexity index is 741. The third kappa shape index (κ3) is 4.11. The summed E-state index contributed by atoms with van der Waals surface area (Å²) in [6.45, 7) is 5.60. The van der Waals surface area contributed by atoms with Gasteiger partial charge in [0.1, 0.15) is 5.82 Å². The highest BCUT2D eigenvalue weighted by Gasteiger charge is 2.28. The molecule has 1 saturated carbocycles. The fraction of sp³-hybridized carbons (Fsp3) is 0.222. The quantitative estimate of drug-likeness (QED) is 0.817. The van der Waals surface area contributed by atoms with Crippen LogP contribution in [0.1, 0.15) is 19.8 Å².